The van der Waals surface area contributed by atoms with Crippen molar-refractivity contribution in [1.29, 1.82) is 0 Å². The topological polar surface area (TPSA) is 41.1 Å². The van der Waals surface area contributed by atoms with Gasteiger partial charge in [-0.3, -0.25) is 9.88 Å². The second kappa shape index (κ2) is 6.09. The van der Waals surface area contributed by atoms with Gasteiger partial charge in [-0.2, -0.15) is 0 Å². The van der Waals surface area contributed by atoms with E-state index in [1.165, 1.54) is 5.01 Å². The summed E-state index contributed by atoms with van der Waals surface area (Å²) < 4.78 is 0. The highest BCUT2D eigenvalue weighted by molar-refractivity contribution is 7.14. The first kappa shape index (κ1) is 13.2. The van der Waals surface area contributed by atoms with Gasteiger partial charge in [-0.05, 0) is 6.42 Å². The average Bonchev–Trinajstić information content (AvgIpc) is 3.11. The number of piperazine rings is 1. The van der Waals surface area contributed by atoms with Gasteiger partial charge < -0.3 is 5.32 Å². The van der Waals surface area contributed by atoms with E-state index in [0.717, 1.165) is 43.2 Å². The van der Waals surface area contributed by atoms with Gasteiger partial charge in [0.1, 0.15) is 5.01 Å². The molecule has 1 saturated heterocycles. The van der Waals surface area contributed by atoms with Crippen molar-refractivity contribution in [3.8, 4) is 10.6 Å². The lowest BCUT2D eigenvalue weighted by Crippen LogP contribution is -2.45. The highest BCUT2D eigenvalue weighted by Crippen LogP contribution is 2.31. The number of thiazole rings is 2. The number of hydrogen-bond acceptors (Lipinski definition) is 6. The molecule has 0 amide bonds. The summed E-state index contributed by atoms with van der Waals surface area (Å²) in [6, 6.07) is 0.466. The first-order chi connectivity index (χ1) is 9.38. The molecule has 2 aromatic heterocycles. The summed E-state index contributed by atoms with van der Waals surface area (Å²) in [6.07, 6.45) is 3.02. The van der Waals surface area contributed by atoms with E-state index in [1.807, 2.05) is 11.7 Å². The molecule has 1 fully saturated rings. The van der Waals surface area contributed by atoms with Gasteiger partial charge in [0.25, 0.3) is 0 Å². The van der Waals surface area contributed by atoms with Crippen molar-refractivity contribution in [3.05, 3.63) is 22.1 Å². The molecule has 3 rings (SSSR count). The van der Waals surface area contributed by atoms with Gasteiger partial charge in [0.15, 0.2) is 0 Å². The zero-order valence-corrected chi connectivity index (χ0v) is 12.6. The summed E-state index contributed by atoms with van der Waals surface area (Å²) in [4.78, 5) is 12.7. The fourth-order valence-corrected chi connectivity index (χ4v) is 4.17. The predicted octanol–water partition coefficient (Wildman–Crippen LogP) is 2.62. The molecule has 0 bridgehead atoms. The van der Waals surface area contributed by atoms with Crippen LogP contribution in [0.5, 0.6) is 0 Å². The molecule has 102 valence electrons. The number of nitrogens with one attached hydrogen (secondary N) is 1. The molecule has 0 radical (unpaired) electrons. The Hall–Kier alpha value is -0.820. The van der Waals surface area contributed by atoms with E-state index >= 15 is 0 Å². The first-order valence-electron chi connectivity index (χ1n) is 6.67. The van der Waals surface area contributed by atoms with Crippen molar-refractivity contribution in [3.63, 3.8) is 0 Å². The molecule has 19 heavy (non-hydrogen) atoms. The van der Waals surface area contributed by atoms with Crippen molar-refractivity contribution in [2.75, 3.05) is 26.2 Å². The monoisotopic (exact) mass is 294 g/mol. The van der Waals surface area contributed by atoms with Gasteiger partial charge in [0.05, 0.1) is 22.1 Å². The third-order valence-electron chi connectivity index (χ3n) is 3.47. The SMILES string of the molecule is CCC(c1nc(-c2cncs2)cs1)N1CCNCC1. The molecule has 1 aliphatic rings. The molecular formula is C13H18N4S2. The van der Waals surface area contributed by atoms with Crippen LogP contribution in [0.25, 0.3) is 10.6 Å². The van der Waals surface area contributed by atoms with Crippen molar-refractivity contribution in [1.82, 2.24) is 20.2 Å². The van der Waals surface area contributed by atoms with Crippen LogP contribution in [-0.4, -0.2) is 41.0 Å². The predicted molar refractivity (Wildman–Crippen MR) is 80.7 cm³/mol. The van der Waals surface area contributed by atoms with E-state index in [1.54, 1.807) is 22.7 Å². The van der Waals surface area contributed by atoms with Crippen LogP contribution in [-0.2, 0) is 0 Å². The minimum absolute atomic E-state index is 0.466. The van der Waals surface area contributed by atoms with Crippen LogP contribution >= 0.6 is 22.7 Å². The molecule has 3 heterocycles. The number of aromatic nitrogens is 2. The molecule has 0 spiro atoms. The highest BCUT2D eigenvalue weighted by Gasteiger charge is 2.23. The van der Waals surface area contributed by atoms with E-state index in [9.17, 15) is 0 Å². The zero-order valence-electron chi connectivity index (χ0n) is 11.0. The maximum Gasteiger partial charge on any atom is 0.111 e. The lowest BCUT2D eigenvalue weighted by atomic mass is 10.2. The minimum atomic E-state index is 0.466. The maximum absolute atomic E-state index is 4.83. The summed E-state index contributed by atoms with van der Waals surface area (Å²) in [6.45, 7) is 6.66. The Labute approximate surface area is 121 Å². The van der Waals surface area contributed by atoms with E-state index in [-0.39, 0.29) is 0 Å². The molecule has 0 saturated carbocycles. The normalized spacial score (nSPS) is 18.6. The molecule has 2 aromatic rings. The van der Waals surface area contributed by atoms with Crippen molar-refractivity contribution in [2.24, 2.45) is 0 Å². The summed E-state index contributed by atoms with van der Waals surface area (Å²) in [5.74, 6) is 0. The third kappa shape index (κ3) is 2.86. The Morgan fingerprint density at radius 1 is 1.37 bits per heavy atom. The Morgan fingerprint density at radius 3 is 2.89 bits per heavy atom. The van der Waals surface area contributed by atoms with Crippen LogP contribution in [0.4, 0.5) is 0 Å². The van der Waals surface area contributed by atoms with Crippen LogP contribution < -0.4 is 5.32 Å². The van der Waals surface area contributed by atoms with E-state index in [0.29, 0.717) is 6.04 Å². The Kier molecular flexibility index (Phi) is 4.22. The first-order valence-corrected chi connectivity index (χ1v) is 8.43. The van der Waals surface area contributed by atoms with Gasteiger partial charge in [0.2, 0.25) is 0 Å². The summed E-state index contributed by atoms with van der Waals surface area (Å²) in [7, 11) is 0. The summed E-state index contributed by atoms with van der Waals surface area (Å²) >= 11 is 3.43. The van der Waals surface area contributed by atoms with Crippen molar-refractivity contribution < 1.29 is 0 Å². The molecule has 4 nitrogen and oxygen atoms in total. The lowest BCUT2D eigenvalue weighted by molar-refractivity contribution is 0.169. The summed E-state index contributed by atoms with van der Waals surface area (Å²) in [5.41, 5.74) is 2.94. The van der Waals surface area contributed by atoms with Crippen molar-refractivity contribution >= 4 is 22.7 Å². The Balaban J connectivity index is 1.79. The van der Waals surface area contributed by atoms with Gasteiger partial charge in [0, 0.05) is 37.8 Å². The second-order valence-corrected chi connectivity index (χ2v) is 6.42. The number of hydrogen-bond donors (Lipinski definition) is 1. The van der Waals surface area contributed by atoms with E-state index in [4.69, 9.17) is 4.98 Å². The van der Waals surface area contributed by atoms with Crippen LogP contribution in [0.2, 0.25) is 0 Å². The minimum Gasteiger partial charge on any atom is -0.314 e. The van der Waals surface area contributed by atoms with Crippen LogP contribution in [0.15, 0.2) is 17.1 Å². The van der Waals surface area contributed by atoms with Gasteiger partial charge in [-0.1, -0.05) is 6.92 Å². The summed E-state index contributed by atoms with van der Waals surface area (Å²) in [5, 5.41) is 6.81. The molecule has 1 N–H and O–H groups in total. The molecule has 6 heteroatoms. The molecule has 1 aliphatic heterocycles. The Morgan fingerprint density at radius 2 is 2.21 bits per heavy atom. The maximum atomic E-state index is 4.83. The van der Waals surface area contributed by atoms with Gasteiger partial charge in [-0.25, -0.2) is 4.98 Å². The lowest BCUT2D eigenvalue weighted by Gasteiger charge is -2.33. The molecule has 1 atom stereocenters. The zero-order chi connectivity index (χ0) is 13.1. The van der Waals surface area contributed by atoms with Gasteiger partial charge in [-0.15, -0.1) is 22.7 Å². The molecule has 1 unspecified atom stereocenters. The second-order valence-electron chi connectivity index (χ2n) is 4.65. The van der Waals surface area contributed by atoms with Crippen molar-refractivity contribution in [2.45, 2.75) is 19.4 Å². The number of rotatable bonds is 4. The standard InChI is InChI=1S/C13H18N4S2/c1-2-11(17-5-3-14-4-6-17)13-16-10(8-18-13)12-7-15-9-19-12/h7-9,11,14H,2-6H2,1H3. The molecular weight excluding hydrogens is 276 g/mol. The van der Waals surface area contributed by atoms with Crippen LogP contribution in [0, 0.1) is 0 Å². The smallest absolute Gasteiger partial charge is 0.111 e. The van der Waals surface area contributed by atoms with Crippen LogP contribution in [0.3, 0.4) is 0 Å². The fourth-order valence-electron chi connectivity index (χ4n) is 2.48. The quantitative estimate of drug-likeness (QED) is 0.941. The highest BCUT2D eigenvalue weighted by atomic mass is 32.1. The average molecular weight is 294 g/mol. The molecule has 0 aliphatic carbocycles. The van der Waals surface area contributed by atoms with E-state index in [2.05, 4.69) is 27.5 Å². The fraction of sp³-hybridized carbons (Fsp3) is 0.538. The molecule has 0 aromatic carbocycles. The Bertz CT molecular complexity index is 502. The van der Waals surface area contributed by atoms with E-state index < -0.39 is 0 Å². The third-order valence-corrected chi connectivity index (χ3v) is 5.21. The largest absolute Gasteiger partial charge is 0.314 e. The van der Waals surface area contributed by atoms with Crippen LogP contribution in [0.1, 0.15) is 24.4 Å². The number of nitrogens with zero attached hydrogens (tertiary/aromatic N) is 3. The van der Waals surface area contributed by atoms with Gasteiger partial charge >= 0.3 is 0 Å².